The lowest BCUT2D eigenvalue weighted by atomic mass is 10.2. The number of halogens is 1. The van der Waals surface area contributed by atoms with Gasteiger partial charge >= 0.3 is 0 Å². The number of nitrogens with one attached hydrogen (secondary N) is 1. The van der Waals surface area contributed by atoms with Crippen LogP contribution in [0.4, 0.5) is 0 Å². The Morgan fingerprint density at radius 1 is 1.45 bits per heavy atom. The van der Waals surface area contributed by atoms with Crippen LogP contribution >= 0.6 is 15.9 Å². The first-order valence-electron chi connectivity index (χ1n) is 6.13. The van der Waals surface area contributed by atoms with E-state index in [0.29, 0.717) is 10.9 Å². The van der Waals surface area contributed by atoms with Crippen LogP contribution in [0.5, 0.6) is 0 Å². The van der Waals surface area contributed by atoms with Gasteiger partial charge in [0.1, 0.15) is 11.0 Å². The van der Waals surface area contributed by atoms with Gasteiger partial charge in [-0.25, -0.2) is 13.1 Å². The summed E-state index contributed by atoms with van der Waals surface area (Å²) in [5.41, 5.74) is 0.125. The highest BCUT2D eigenvalue weighted by Crippen LogP contribution is 2.23. The molecule has 1 rings (SSSR count). The third-order valence-electron chi connectivity index (χ3n) is 2.74. The summed E-state index contributed by atoms with van der Waals surface area (Å²) in [5, 5.41) is 9.09. The average molecular weight is 360 g/mol. The molecule has 0 aliphatic rings. The zero-order chi connectivity index (χ0) is 15.3. The first-order valence-corrected chi connectivity index (χ1v) is 8.41. The van der Waals surface area contributed by atoms with Gasteiger partial charge in [-0.1, -0.05) is 6.07 Å². The highest BCUT2D eigenvalue weighted by molar-refractivity contribution is 9.10. The second-order valence-corrected chi connectivity index (χ2v) is 7.38. The molecule has 1 aromatic rings. The monoisotopic (exact) mass is 359 g/mol. The summed E-state index contributed by atoms with van der Waals surface area (Å²) in [6.07, 6.45) is 0.697. The quantitative estimate of drug-likeness (QED) is 0.842. The summed E-state index contributed by atoms with van der Waals surface area (Å²) in [7, 11) is 0.174. The van der Waals surface area contributed by atoms with Crippen molar-refractivity contribution in [3.63, 3.8) is 0 Å². The van der Waals surface area contributed by atoms with Crippen molar-refractivity contribution in [3.8, 4) is 6.07 Å². The summed E-state index contributed by atoms with van der Waals surface area (Å²) >= 11 is 3.19. The minimum atomic E-state index is -3.69. The Kier molecular flexibility index (Phi) is 6.14. The molecule has 0 saturated carbocycles. The SMILES string of the molecule is CC(CCN(C)C)NS(=O)(=O)c1cccc(Br)c1C#N. The molecule has 0 bridgehead atoms. The molecular weight excluding hydrogens is 342 g/mol. The number of hydrogen-bond donors (Lipinski definition) is 1. The van der Waals surface area contributed by atoms with E-state index in [1.807, 2.05) is 32.0 Å². The van der Waals surface area contributed by atoms with E-state index in [1.165, 1.54) is 6.07 Å². The van der Waals surface area contributed by atoms with Crippen LogP contribution in [0.25, 0.3) is 0 Å². The topological polar surface area (TPSA) is 73.2 Å². The molecule has 0 spiro atoms. The van der Waals surface area contributed by atoms with Crippen LogP contribution in [-0.2, 0) is 10.0 Å². The van der Waals surface area contributed by atoms with E-state index in [4.69, 9.17) is 5.26 Å². The minimum absolute atomic E-state index is 0.00563. The Hall–Kier alpha value is -0.940. The van der Waals surface area contributed by atoms with E-state index >= 15 is 0 Å². The molecule has 20 heavy (non-hydrogen) atoms. The number of nitriles is 1. The fourth-order valence-electron chi connectivity index (χ4n) is 1.68. The van der Waals surface area contributed by atoms with E-state index in [-0.39, 0.29) is 16.5 Å². The molecule has 0 fully saturated rings. The number of sulfonamides is 1. The molecule has 0 amide bonds. The highest BCUT2D eigenvalue weighted by atomic mass is 79.9. The van der Waals surface area contributed by atoms with Gasteiger partial charge in [0, 0.05) is 10.5 Å². The van der Waals surface area contributed by atoms with Crippen molar-refractivity contribution in [2.75, 3.05) is 20.6 Å². The lowest BCUT2D eigenvalue weighted by molar-refractivity contribution is 0.379. The third kappa shape index (κ3) is 4.56. The molecule has 7 heteroatoms. The molecule has 0 aliphatic carbocycles. The standard InChI is InChI=1S/C13H18BrN3O2S/c1-10(7-8-17(2)3)16-20(18,19)13-6-4-5-12(14)11(13)9-15/h4-6,10,16H,7-8H2,1-3H3. The number of rotatable bonds is 6. The Bertz CT molecular complexity index is 609. The lowest BCUT2D eigenvalue weighted by Gasteiger charge is -2.17. The van der Waals surface area contributed by atoms with Crippen molar-refractivity contribution in [1.82, 2.24) is 9.62 Å². The van der Waals surface area contributed by atoms with Gasteiger partial charge in [-0.2, -0.15) is 5.26 Å². The van der Waals surface area contributed by atoms with Gasteiger partial charge in [0.25, 0.3) is 0 Å². The third-order valence-corrected chi connectivity index (χ3v) is 5.04. The Balaban J connectivity index is 2.96. The first kappa shape index (κ1) is 17.1. The fourth-order valence-corrected chi connectivity index (χ4v) is 3.72. The van der Waals surface area contributed by atoms with Crippen molar-refractivity contribution >= 4 is 26.0 Å². The fraction of sp³-hybridized carbons (Fsp3) is 0.462. The molecule has 0 saturated heterocycles. The molecule has 110 valence electrons. The van der Waals surface area contributed by atoms with E-state index < -0.39 is 10.0 Å². The maximum atomic E-state index is 12.3. The average Bonchev–Trinajstić information content (AvgIpc) is 2.35. The first-order chi connectivity index (χ1) is 9.27. The van der Waals surface area contributed by atoms with E-state index in [1.54, 1.807) is 12.1 Å². The Morgan fingerprint density at radius 2 is 2.10 bits per heavy atom. The molecule has 5 nitrogen and oxygen atoms in total. The van der Waals surface area contributed by atoms with Gasteiger partial charge in [-0.15, -0.1) is 0 Å². The van der Waals surface area contributed by atoms with Crippen LogP contribution < -0.4 is 4.72 Å². The second kappa shape index (κ2) is 7.18. The van der Waals surface area contributed by atoms with Crippen molar-refractivity contribution in [2.24, 2.45) is 0 Å². The molecule has 1 unspecified atom stereocenters. The maximum Gasteiger partial charge on any atom is 0.242 e. The minimum Gasteiger partial charge on any atom is -0.309 e. The van der Waals surface area contributed by atoms with E-state index in [9.17, 15) is 8.42 Å². The Labute approximate surface area is 128 Å². The largest absolute Gasteiger partial charge is 0.309 e. The van der Waals surface area contributed by atoms with Crippen molar-refractivity contribution in [2.45, 2.75) is 24.3 Å². The van der Waals surface area contributed by atoms with Crippen LogP contribution in [-0.4, -0.2) is 40.0 Å². The van der Waals surface area contributed by atoms with Crippen molar-refractivity contribution < 1.29 is 8.42 Å². The molecule has 0 heterocycles. The zero-order valence-electron chi connectivity index (χ0n) is 11.7. The van der Waals surface area contributed by atoms with Crippen LogP contribution in [0.15, 0.2) is 27.6 Å². The van der Waals surface area contributed by atoms with Gasteiger partial charge in [0.2, 0.25) is 10.0 Å². The molecule has 0 radical (unpaired) electrons. The summed E-state index contributed by atoms with van der Waals surface area (Å²) in [4.78, 5) is 2.00. The molecule has 1 N–H and O–H groups in total. The normalized spacial score (nSPS) is 13.2. The van der Waals surface area contributed by atoms with Crippen LogP contribution in [0.3, 0.4) is 0 Å². The van der Waals surface area contributed by atoms with Crippen LogP contribution in [0.1, 0.15) is 18.9 Å². The molecular formula is C13H18BrN3O2S. The van der Waals surface area contributed by atoms with Gasteiger partial charge in [0.15, 0.2) is 0 Å². The van der Waals surface area contributed by atoms with E-state index in [2.05, 4.69) is 20.7 Å². The summed E-state index contributed by atoms with van der Waals surface area (Å²) in [5.74, 6) is 0. The summed E-state index contributed by atoms with van der Waals surface area (Å²) in [6, 6.07) is 6.40. The van der Waals surface area contributed by atoms with Gasteiger partial charge in [-0.05, 0) is 62.0 Å². The predicted octanol–water partition coefficient (Wildman–Crippen LogP) is 1.94. The summed E-state index contributed by atoms with van der Waals surface area (Å²) in [6.45, 7) is 2.60. The van der Waals surface area contributed by atoms with E-state index in [0.717, 1.165) is 6.54 Å². The van der Waals surface area contributed by atoms with Gasteiger partial charge in [-0.3, -0.25) is 0 Å². The van der Waals surface area contributed by atoms with Gasteiger partial charge in [0.05, 0.1) is 5.56 Å². The lowest BCUT2D eigenvalue weighted by Crippen LogP contribution is -2.35. The highest BCUT2D eigenvalue weighted by Gasteiger charge is 2.22. The van der Waals surface area contributed by atoms with Gasteiger partial charge < -0.3 is 4.90 Å². The number of nitrogens with zero attached hydrogens (tertiary/aromatic N) is 2. The van der Waals surface area contributed by atoms with Crippen LogP contribution in [0.2, 0.25) is 0 Å². The molecule has 0 aliphatic heterocycles. The predicted molar refractivity (Wildman–Crippen MR) is 81.8 cm³/mol. The smallest absolute Gasteiger partial charge is 0.242 e. The molecule has 0 aromatic heterocycles. The number of hydrogen-bond acceptors (Lipinski definition) is 4. The molecule has 1 atom stereocenters. The van der Waals surface area contributed by atoms with Crippen LogP contribution in [0, 0.1) is 11.3 Å². The van der Waals surface area contributed by atoms with Crippen molar-refractivity contribution in [1.29, 1.82) is 5.26 Å². The number of benzene rings is 1. The summed E-state index contributed by atoms with van der Waals surface area (Å²) < 4.78 is 27.7. The maximum absolute atomic E-state index is 12.3. The zero-order valence-corrected chi connectivity index (χ0v) is 14.1. The molecule has 1 aromatic carbocycles. The van der Waals surface area contributed by atoms with Crippen molar-refractivity contribution in [3.05, 3.63) is 28.2 Å². The second-order valence-electron chi connectivity index (χ2n) is 4.84. The Morgan fingerprint density at radius 3 is 2.65 bits per heavy atom.